The van der Waals surface area contributed by atoms with E-state index in [1.165, 1.54) is 4.80 Å². The summed E-state index contributed by atoms with van der Waals surface area (Å²) < 4.78 is 10.1. The second-order valence-corrected chi connectivity index (χ2v) is 5.79. The van der Waals surface area contributed by atoms with Gasteiger partial charge in [-0.15, -0.1) is 10.2 Å². The largest absolute Gasteiger partial charge is 0.497 e. The third-order valence-corrected chi connectivity index (χ3v) is 3.93. The van der Waals surface area contributed by atoms with Crippen molar-refractivity contribution in [1.82, 2.24) is 25.5 Å². The van der Waals surface area contributed by atoms with Crippen molar-refractivity contribution in [2.45, 2.75) is 6.54 Å². The summed E-state index contributed by atoms with van der Waals surface area (Å²) in [5.41, 5.74) is 3.00. The first-order valence-corrected chi connectivity index (χ1v) is 8.48. The van der Waals surface area contributed by atoms with E-state index in [2.05, 4.69) is 20.7 Å². The van der Waals surface area contributed by atoms with Crippen LogP contribution in [0, 0.1) is 0 Å². The molecule has 0 bridgehead atoms. The number of aromatic nitrogens is 4. The van der Waals surface area contributed by atoms with Crippen LogP contribution in [0.3, 0.4) is 0 Å². The Balaban J connectivity index is 1.65. The molecule has 0 unspecified atom stereocenters. The molecule has 2 aromatic carbocycles. The van der Waals surface area contributed by atoms with Crippen molar-refractivity contribution in [2.24, 2.45) is 0 Å². The first kappa shape index (κ1) is 18.5. The Morgan fingerprint density at radius 1 is 1.00 bits per heavy atom. The van der Waals surface area contributed by atoms with Gasteiger partial charge in [0.2, 0.25) is 11.7 Å². The van der Waals surface area contributed by atoms with Crippen molar-refractivity contribution in [1.29, 1.82) is 0 Å². The van der Waals surface area contributed by atoms with Crippen LogP contribution < -0.4 is 10.1 Å². The second-order valence-electron chi connectivity index (χ2n) is 5.79. The Labute approximate surface area is 157 Å². The number of carbonyl (C=O) groups excluding carboxylic acids is 1. The maximum atomic E-state index is 11.8. The fourth-order valence-corrected chi connectivity index (χ4v) is 2.50. The highest BCUT2D eigenvalue weighted by molar-refractivity contribution is 5.75. The van der Waals surface area contributed by atoms with Crippen molar-refractivity contribution < 1.29 is 14.3 Å². The van der Waals surface area contributed by atoms with E-state index in [4.69, 9.17) is 9.47 Å². The van der Waals surface area contributed by atoms with Crippen LogP contribution in [-0.4, -0.2) is 53.5 Å². The molecule has 27 heavy (non-hydrogen) atoms. The summed E-state index contributed by atoms with van der Waals surface area (Å²) in [6.07, 6.45) is 0. The molecule has 0 radical (unpaired) electrons. The number of hydrogen-bond acceptors (Lipinski definition) is 6. The van der Waals surface area contributed by atoms with Crippen molar-refractivity contribution >= 4 is 5.91 Å². The Morgan fingerprint density at radius 3 is 2.26 bits per heavy atom. The maximum Gasteiger partial charge on any atom is 0.243 e. The molecule has 140 valence electrons. The highest BCUT2D eigenvalue weighted by Gasteiger charge is 2.09. The average Bonchev–Trinajstić information content (AvgIpc) is 3.17. The number of ether oxygens (including phenoxy) is 2. The molecule has 0 atom stereocenters. The minimum Gasteiger partial charge on any atom is -0.497 e. The molecule has 8 heteroatoms. The van der Waals surface area contributed by atoms with Gasteiger partial charge in [0, 0.05) is 19.2 Å². The molecule has 0 fully saturated rings. The summed E-state index contributed by atoms with van der Waals surface area (Å²) in [5, 5.41) is 14.9. The van der Waals surface area contributed by atoms with Gasteiger partial charge >= 0.3 is 0 Å². The molecule has 1 heterocycles. The second kappa shape index (κ2) is 8.91. The van der Waals surface area contributed by atoms with Gasteiger partial charge in [-0.2, -0.15) is 4.80 Å². The van der Waals surface area contributed by atoms with E-state index in [0.717, 1.165) is 22.4 Å². The van der Waals surface area contributed by atoms with Crippen LogP contribution in [0.1, 0.15) is 0 Å². The monoisotopic (exact) mass is 367 g/mol. The van der Waals surface area contributed by atoms with E-state index < -0.39 is 0 Å². The number of rotatable bonds is 8. The van der Waals surface area contributed by atoms with Crippen molar-refractivity contribution in [3.63, 3.8) is 0 Å². The van der Waals surface area contributed by atoms with E-state index in [-0.39, 0.29) is 12.5 Å². The lowest BCUT2D eigenvalue weighted by Gasteiger charge is -2.04. The Kier molecular flexibility index (Phi) is 6.11. The molecule has 1 N–H and O–H groups in total. The Hall–Kier alpha value is -3.26. The zero-order chi connectivity index (χ0) is 19.1. The minimum absolute atomic E-state index is 0.0145. The predicted octanol–water partition coefficient (Wildman–Crippen LogP) is 1.78. The fraction of sp³-hybridized carbons (Fsp3) is 0.263. The smallest absolute Gasteiger partial charge is 0.243 e. The van der Waals surface area contributed by atoms with Crippen molar-refractivity contribution in [3.05, 3.63) is 48.5 Å². The molecule has 1 aromatic heterocycles. The van der Waals surface area contributed by atoms with Crippen LogP contribution in [0.5, 0.6) is 5.75 Å². The lowest BCUT2D eigenvalue weighted by atomic mass is 10.0. The number of nitrogens with one attached hydrogen (secondary N) is 1. The number of tetrazole rings is 1. The van der Waals surface area contributed by atoms with Gasteiger partial charge in [-0.25, -0.2) is 0 Å². The molecule has 1 amide bonds. The Morgan fingerprint density at radius 2 is 1.63 bits per heavy atom. The van der Waals surface area contributed by atoms with Crippen LogP contribution in [0.25, 0.3) is 22.5 Å². The number of methoxy groups -OCH3 is 2. The summed E-state index contributed by atoms with van der Waals surface area (Å²) in [6, 6.07) is 15.7. The summed E-state index contributed by atoms with van der Waals surface area (Å²) in [5.74, 6) is 1.11. The Bertz CT molecular complexity index is 875. The van der Waals surface area contributed by atoms with E-state index >= 15 is 0 Å². The summed E-state index contributed by atoms with van der Waals surface area (Å²) in [6.45, 7) is 0.923. The zero-order valence-corrected chi connectivity index (χ0v) is 15.3. The van der Waals surface area contributed by atoms with E-state index in [0.29, 0.717) is 19.0 Å². The summed E-state index contributed by atoms with van der Waals surface area (Å²) in [4.78, 5) is 13.0. The highest BCUT2D eigenvalue weighted by Crippen LogP contribution is 2.24. The van der Waals surface area contributed by atoms with E-state index in [1.54, 1.807) is 14.2 Å². The highest BCUT2D eigenvalue weighted by atomic mass is 16.5. The first-order chi connectivity index (χ1) is 13.2. The minimum atomic E-state index is -0.189. The van der Waals surface area contributed by atoms with E-state index in [9.17, 15) is 4.79 Å². The van der Waals surface area contributed by atoms with Crippen LogP contribution in [0.2, 0.25) is 0 Å². The average molecular weight is 367 g/mol. The van der Waals surface area contributed by atoms with Crippen LogP contribution in [-0.2, 0) is 16.1 Å². The molecule has 0 spiro atoms. The van der Waals surface area contributed by atoms with Gasteiger partial charge in [-0.3, -0.25) is 4.79 Å². The van der Waals surface area contributed by atoms with Gasteiger partial charge < -0.3 is 14.8 Å². The third-order valence-electron chi connectivity index (χ3n) is 3.93. The fourth-order valence-electron chi connectivity index (χ4n) is 2.50. The van der Waals surface area contributed by atoms with Gasteiger partial charge in [0.05, 0.1) is 13.7 Å². The maximum absolute atomic E-state index is 11.8. The molecule has 0 aliphatic heterocycles. The van der Waals surface area contributed by atoms with Crippen LogP contribution in [0.4, 0.5) is 0 Å². The predicted molar refractivity (Wildman–Crippen MR) is 100 cm³/mol. The lowest BCUT2D eigenvalue weighted by Crippen LogP contribution is -2.31. The van der Waals surface area contributed by atoms with Gasteiger partial charge in [0.25, 0.3) is 0 Å². The topological polar surface area (TPSA) is 91.2 Å². The first-order valence-electron chi connectivity index (χ1n) is 8.48. The molecule has 0 saturated heterocycles. The van der Waals surface area contributed by atoms with Crippen molar-refractivity contribution in [2.75, 3.05) is 27.4 Å². The van der Waals surface area contributed by atoms with Crippen LogP contribution >= 0.6 is 0 Å². The SMILES string of the molecule is COCCNC(=O)Cn1nnc(-c2ccc(-c3ccc(OC)cc3)cc2)n1. The van der Waals surface area contributed by atoms with Gasteiger partial charge in [0.1, 0.15) is 12.3 Å². The number of benzene rings is 2. The molecule has 0 aliphatic rings. The molecule has 0 aliphatic carbocycles. The zero-order valence-electron chi connectivity index (χ0n) is 15.3. The molecule has 3 rings (SSSR count). The normalized spacial score (nSPS) is 10.6. The number of carbonyl (C=O) groups is 1. The lowest BCUT2D eigenvalue weighted by molar-refractivity contribution is -0.122. The van der Waals surface area contributed by atoms with Gasteiger partial charge in [-0.1, -0.05) is 36.4 Å². The number of nitrogens with zero attached hydrogens (tertiary/aromatic N) is 4. The summed E-state index contributed by atoms with van der Waals surface area (Å²) in [7, 11) is 3.23. The molecule has 3 aromatic rings. The van der Waals surface area contributed by atoms with Gasteiger partial charge in [-0.05, 0) is 28.5 Å². The third kappa shape index (κ3) is 4.89. The number of hydrogen-bond donors (Lipinski definition) is 1. The van der Waals surface area contributed by atoms with Gasteiger partial charge in [0.15, 0.2) is 0 Å². The standard InChI is InChI=1S/C19H21N5O3/c1-26-12-11-20-18(25)13-24-22-19(21-23-24)16-5-3-14(4-6-16)15-7-9-17(27-2)10-8-15/h3-10H,11-13H2,1-2H3,(H,20,25). The van der Waals surface area contributed by atoms with E-state index in [1.807, 2.05) is 48.5 Å². The van der Waals surface area contributed by atoms with Crippen LogP contribution in [0.15, 0.2) is 48.5 Å². The molecular weight excluding hydrogens is 346 g/mol. The summed E-state index contributed by atoms with van der Waals surface area (Å²) >= 11 is 0. The van der Waals surface area contributed by atoms with Crippen molar-refractivity contribution in [3.8, 4) is 28.3 Å². The number of amides is 1. The molecule has 8 nitrogen and oxygen atoms in total. The quantitative estimate of drug-likeness (QED) is 0.610. The molecule has 0 saturated carbocycles. The molecular formula is C19H21N5O3.